The molecular formula is C31H25N5O2. The van der Waals surface area contributed by atoms with Crippen molar-refractivity contribution < 1.29 is 9.90 Å². The fraction of sp³-hybridized carbons (Fsp3) is 0.226. The summed E-state index contributed by atoms with van der Waals surface area (Å²) >= 11 is 0. The van der Waals surface area contributed by atoms with Gasteiger partial charge in [0, 0.05) is 11.6 Å². The Hall–Kier alpha value is -4.52. The molecule has 186 valence electrons. The van der Waals surface area contributed by atoms with Crippen LogP contribution in [0.1, 0.15) is 51.7 Å². The molecule has 0 radical (unpaired) electrons. The molecule has 0 saturated heterocycles. The highest BCUT2D eigenvalue weighted by Gasteiger charge is 2.25. The summed E-state index contributed by atoms with van der Waals surface area (Å²) < 4.78 is 0. The maximum absolute atomic E-state index is 11.6. The first-order valence-electron chi connectivity index (χ1n) is 13.1. The Labute approximate surface area is 219 Å². The largest absolute Gasteiger partial charge is 0.477 e. The lowest BCUT2D eigenvalue weighted by Crippen LogP contribution is -2.12. The Morgan fingerprint density at radius 2 is 1.34 bits per heavy atom. The quantitative estimate of drug-likeness (QED) is 0.340. The van der Waals surface area contributed by atoms with Crippen molar-refractivity contribution in [3.8, 4) is 34.2 Å². The monoisotopic (exact) mass is 499 g/mol. The van der Waals surface area contributed by atoms with Crippen LogP contribution in [0, 0.1) is 0 Å². The number of aryl methyl sites for hydroxylation is 5. The summed E-state index contributed by atoms with van der Waals surface area (Å²) in [5.41, 5.74) is 11.1. The summed E-state index contributed by atoms with van der Waals surface area (Å²) in [5.74, 6) is -1.04. The molecule has 38 heavy (non-hydrogen) atoms. The van der Waals surface area contributed by atoms with E-state index in [1.54, 1.807) is 6.07 Å². The average molecular weight is 500 g/mol. The van der Waals surface area contributed by atoms with Crippen LogP contribution in [-0.4, -0.2) is 36.0 Å². The number of hydrogen-bond acceptors (Lipinski definition) is 6. The van der Waals surface area contributed by atoms with Gasteiger partial charge in [-0.3, -0.25) is 4.98 Å². The number of rotatable bonds is 4. The number of pyridine rings is 5. The highest BCUT2D eigenvalue weighted by Crippen LogP contribution is 2.37. The molecular weight excluding hydrogens is 474 g/mol. The predicted molar refractivity (Wildman–Crippen MR) is 145 cm³/mol. The van der Waals surface area contributed by atoms with Crippen molar-refractivity contribution in [2.45, 2.75) is 45.4 Å². The molecule has 5 heterocycles. The van der Waals surface area contributed by atoms with E-state index in [4.69, 9.17) is 15.0 Å². The molecule has 0 spiro atoms. The molecule has 0 saturated carbocycles. The number of hydrogen-bond donors (Lipinski definition) is 1. The summed E-state index contributed by atoms with van der Waals surface area (Å²) in [6, 6.07) is 16.1. The van der Waals surface area contributed by atoms with Gasteiger partial charge >= 0.3 is 5.97 Å². The minimum absolute atomic E-state index is 0.0268. The van der Waals surface area contributed by atoms with E-state index in [1.165, 1.54) is 16.7 Å². The predicted octanol–water partition coefficient (Wildman–Crippen LogP) is 5.66. The van der Waals surface area contributed by atoms with Crippen molar-refractivity contribution in [1.29, 1.82) is 0 Å². The average Bonchev–Trinajstić information content (AvgIpc) is 2.95. The molecule has 5 aromatic rings. The first-order valence-corrected chi connectivity index (χ1v) is 13.1. The molecule has 0 aromatic carbocycles. The van der Waals surface area contributed by atoms with E-state index in [2.05, 4.69) is 41.2 Å². The van der Waals surface area contributed by atoms with Crippen LogP contribution < -0.4 is 0 Å². The fourth-order valence-electron chi connectivity index (χ4n) is 5.59. The molecule has 2 aliphatic carbocycles. The van der Waals surface area contributed by atoms with Crippen LogP contribution in [0.2, 0.25) is 0 Å². The minimum Gasteiger partial charge on any atom is -0.477 e. The van der Waals surface area contributed by atoms with Crippen LogP contribution in [0.25, 0.3) is 45.2 Å². The molecule has 0 amide bonds. The minimum atomic E-state index is -1.04. The van der Waals surface area contributed by atoms with Gasteiger partial charge in [0.1, 0.15) is 5.69 Å². The zero-order chi connectivity index (χ0) is 25.8. The number of fused-ring (bicyclic) bond motifs is 7. The van der Waals surface area contributed by atoms with E-state index < -0.39 is 5.97 Å². The fourth-order valence-corrected chi connectivity index (χ4v) is 5.59. The van der Waals surface area contributed by atoms with Crippen molar-refractivity contribution in [1.82, 2.24) is 24.9 Å². The molecule has 5 aromatic heterocycles. The molecule has 0 aliphatic heterocycles. The summed E-state index contributed by atoms with van der Waals surface area (Å²) in [6.45, 7) is 2.17. The van der Waals surface area contributed by atoms with Crippen molar-refractivity contribution in [3.05, 3.63) is 88.2 Å². The molecule has 0 fully saturated rings. The van der Waals surface area contributed by atoms with Gasteiger partial charge in [-0.25, -0.2) is 24.7 Å². The molecule has 0 unspecified atom stereocenters. The van der Waals surface area contributed by atoms with Gasteiger partial charge in [-0.15, -0.1) is 0 Å². The second-order valence-electron chi connectivity index (χ2n) is 10.1. The molecule has 7 rings (SSSR count). The van der Waals surface area contributed by atoms with Crippen LogP contribution in [0.4, 0.5) is 0 Å². The van der Waals surface area contributed by atoms with Crippen LogP contribution >= 0.6 is 0 Å². The van der Waals surface area contributed by atoms with Crippen LogP contribution in [0.15, 0.2) is 54.7 Å². The molecule has 7 heteroatoms. The van der Waals surface area contributed by atoms with Gasteiger partial charge in [-0.1, -0.05) is 31.5 Å². The maximum atomic E-state index is 11.6. The Bertz CT molecular complexity index is 1760. The van der Waals surface area contributed by atoms with Gasteiger partial charge < -0.3 is 5.11 Å². The van der Waals surface area contributed by atoms with E-state index in [0.29, 0.717) is 11.3 Å². The van der Waals surface area contributed by atoms with E-state index in [1.807, 2.05) is 24.4 Å². The Morgan fingerprint density at radius 3 is 1.97 bits per heavy atom. The first kappa shape index (κ1) is 22.7. The third kappa shape index (κ3) is 3.74. The zero-order valence-electron chi connectivity index (χ0n) is 21.0. The normalized spacial score (nSPS) is 13.4. The Morgan fingerprint density at radius 1 is 0.737 bits per heavy atom. The van der Waals surface area contributed by atoms with Crippen molar-refractivity contribution in [2.75, 3.05) is 0 Å². The molecule has 0 bridgehead atoms. The molecule has 7 nitrogen and oxygen atoms in total. The third-order valence-electron chi connectivity index (χ3n) is 7.54. The summed E-state index contributed by atoms with van der Waals surface area (Å²) in [4.78, 5) is 35.7. The number of carboxylic acid groups (broad SMARTS) is 1. The van der Waals surface area contributed by atoms with Crippen LogP contribution in [-0.2, 0) is 32.1 Å². The topological polar surface area (TPSA) is 102 Å². The SMILES string of the molecule is CCCc1ccc(-c2ccc3c(n2)-c2nc4nc5c(cc4cc2CC3)CCc2ccc(C(=O)O)nc2-5)nc1. The number of nitrogens with zero attached hydrogens (tertiary/aromatic N) is 5. The smallest absolute Gasteiger partial charge is 0.354 e. The first-order chi connectivity index (χ1) is 18.6. The van der Waals surface area contributed by atoms with Gasteiger partial charge in [0.25, 0.3) is 0 Å². The third-order valence-corrected chi connectivity index (χ3v) is 7.54. The second-order valence-corrected chi connectivity index (χ2v) is 10.1. The van der Waals surface area contributed by atoms with Gasteiger partial charge in [0.05, 0.1) is 34.2 Å². The van der Waals surface area contributed by atoms with Crippen LogP contribution in [0.5, 0.6) is 0 Å². The van der Waals surface area contributed by atoms with Gasteiger partial charge in [0.2, 0.25) is 0 Å². The second kappa shape index (κ2) is 8.80. The van der Waals surface area contributed by atoms with E-state index in [9.17, 15) is 9.90 Å². The van der Waals surface area contributed by atoms with Crippen molar-refractivity contribution in [3.63, 3.8) is 0 Å². The zero-order valence-corrected chi connectivity index (χ0v) is 21.0. The van der Waals surface area contributed by atoms with E-state index >= 15 is 0 Å². The highest BCUT2D eigenvalue weighted by atomic mass is 16.4. The van der Waals surface area contributed by atoms with Crippen LogP contribution in [0.3, 0.4) is 0 Å². The Kier molecular flexibility index (Phi) is 5.25. The highest BCUT2D eigenvalue weighted by molar-refractivity contribution is 5.88. The van der Waals surface area contributed by atoms with Gasteiger partial charge in [-0.2, -0.15) is 0 Å². The number of carboxylic acids is 1. The lowest BCUT2D eigenvalue weighted by molar-refractivity contribution is 0.0690. The maximum Gasteiger partial charge on any atom is 0.354 e. The number of aromatic nitrogens is 5. The van der Waals surface area contributed by atoms with E-state index in [-0.39, 0.29) is 5.69 Å². The summed E-state index contributed by atoms with van der Waals surface area (Å²) in [7, 11) is 0. The molecule has 1 N–H and O–H groups in total. The Balaban J connectivity index is 1.34. The lowest BCUT2D eigenvalue weighted by atomic mass is 9.89. The van der Waals surface area contributed by atoms with Crippen molar-refractivity contribution in [2.24, 2.45) is 0 Å². The molecule has 2 aliphatic rings. The van der Waals surface area contributed by atoms with Crippen molar-refractivity contribution >= 4 is 17.0 Å². The number of aromatic carboxylic acids is 1. The van der Waals surface area contributed by atoms with Gasteiger partial charge in [-0.05, 0) is 90.3 Å². The van der Waals surface area contributed by atoms with E-state index in [0.717, 1.165) is 83.5 Å². The number of carbonyl (C=O) groups is 1. The summed E-state index contributed by atoms with van der Waals surface area (Å²) in [6.07, 6.45) is 7.52. The standard InChI is InChI=1S/C31H25N5O2/c1-2-3-17-4-11-23(32-16-17)24-12-9-18-5-7-20-14-22-15-21-8-6-19-10-13-25(31(37)38)34-27(19)29(21)36-30(22)35-28(20)26(18)33-24/h4,9-16H,2-3,5-8H2,1H3,(H,37,38). The molecule has 0 atom stereocenters. The summed E-state index contributed by atoms with van der Waals surface area (Å²) in [5, 5.41) is 10.5. The lowest BCUT2D eigenvalue weighted by Gasteiger charge is -2.21. The van der Waals surface area contributed by atoms with Gasteiger partial charge in [0.15, 0.2) is 5.65 Å².